The zero-order valence-corrected chi connectivity index (χ0v) is 15.0. The minimum absolute atomic E-state index is 0.457. The van der Waals surface area contributed by atoms with Crippen LogP contribution in [0.25, 0.3) is 11.0 Å². The summed E-state index contributed by atoms with van der Waals surface area (Å²) < 4.78 is 18.9. The van der Waals surface area contributed by atoms with E-state index in [1.807, 2.05) is 53.7 Å². The first-order chi connectivity index (χ1) is 9.41. The Morgan fingerprint density at radius 2 is 1.67 bits per heavy atom. The van der Waals surface area contributed by atoms with Gasteiger partial charge in [0, 0.05) is 0 Å². The maximum absolute atomic E-state index is 16.4. The molecule has 5 heteroatoms. The molecule has 2 aromatic rings. The summed E-state index contributed by atoms with van der Waals surface area (Å²) in [6, 6.07) is 5.44. The molecule has 116 valence electrons. The smallest absolute Gasteiger partial charge is 0.330 e. The van der Waals surface area contributed by atoms with Crippen LogP contribution in [0.2, 0.25) is 10.1 Å². The standard InChI is InChI=1S/C16H25FN2OSi/c1-15(2,3)21(17,16(4,5)6)13-11-12-9-8-10-19(20)14(12)18(13)7/h8-11H,1-7H3. The topological polar surface area (TPSA) is 31.9 Å². The van der Waals surface area contributed by atoms with Crippen molar-refractivity contribution >= 4 is 24.8 Å². The summed E-state index contributed by atoms with van der Waals surface area (Å²) in [5.74, 6) is 0. The minimum Gasteiger partial charge on any atom is -0.711 e. The summed E-state index contributed by atoms with van der Waals surface area (Å²) in [5.41, 5.74) is 0.524. The van der Waals surface area contributed by atoms with Gasteiger partial charge in [0.15, 0.2) is 0 Å². The van der Waals surface area contributed by atoms with E-state index in [2.05, 4.69) is 0 Å². The number of rotatable bonds is 1. The van der Waals surface area contributed by atoms with E-state index >= 15 is 4.11 Å². The Labute approximate surface area is 127 Å². The Kier molecular flexibility index (Phi) is 3.48. The molecule has 0 saturated heterocycles. The van der Waals surface area contributed by atoms with E-state index in [0.717, 1.165) is 10.1 Å². The summed E-state index contributed by atoms with van der Waals surface area (Å²) in [6.45, 7) is 11.8. The Balaban J connectivity index is 2.86. The molecule has 0 amide bonds. The van der Waals surface area contributed by atoms with Gasteiger partial charge in [-0.1, -0.05) is 41.5 Å². The van der Waals surface area contributed by atoms with Crippen molar-refractivity contribution in [1.82, 2.24) is 4.57 Å². The van der Waals surface area contributed by atoms with Gasteiger partial charge in [0.1, 0.15) is 5.32 Å². The number of hydrogen-bond acceptors (Lipinski definition) is 1. The third-order valence-corrected chi connectivity index (χ3v) is 9.67. The van der Waals surface area contributed by atoms with Crippen molar-refractivity contribution in [1.29, 1.82) is 0 Å². The van der Waals surface area contributed by atoms with Crippen molar-refractivity contribution in [3.8, 4) is 0 Å². The molecule has 21 heavy (non-hydrogen) atoms. The molecule has 0 saturated carbocycles. The Morgan fingerprint density at radius 1 is 1.14 bits per heavy atom. The Morgan fingerprint density at radius 3 is 2.10 bits per heavy atom. The highest BCUT2D eigenvalue weighted by Gasteiger charge is 2.60. The summed E-state index contributed by atoms with van der Waals surface area (Å²) in [5, 5.41) is 12.6. The van der Waals surface area contributed by atoms with Crippen LogP contribution < -0.4 is 10.0 Å². The molecule has 0 unspecified atom stereocenters. The Hall–Kier alpha value is -1.36. The predicted molar refractivity (Wildman–Crippen MR) is 87.8 cm³/mol. The van der Waals surface area contributed by atoms with Gasteiger partial charge >= 0.3 is 8.41 Å². The highest BCUT2D eigenvalue weighted by Crippen LogP contribution is 2.51. The molecule has 0 N–H and O–H groups in total. The summed E-state index contributed by atoms with van der Waals surface area (Å²) in [7, 11) is -1.57. The van der Waals surface area contributed by atoms with Crippen LogP contribution in [-0.4, -0.2) is 13.0 Å². The summed E-state index contributed by atoms with van der Waals surface area (Å²) in [6.07, 6.45) is 1.46. The molecule has 2 aromatic heterocycles. The van der Waals surface area contributed by atoms with Crippen LogP contribution in [0.4, 0.5) is 4.11 Å². The first-order valence-electron chi connectivity index (χ1n) is 7.28. The fourth-order valence-electron chi connectivity index (χ4n) is 3.53. The van der Waals surface area contributed by atoms with Crippen molar-refractivity contribution in [3.05, 3.63) is 29.6 Å². The SMILES string of the molecule is Cn1c([Si](F)(C(C)(C)C)C(C)(C)C)cc2ccc[n+]([O-])c21. The normalized spacial score (nSPS) is 13.9. The first kappa shape index (κ1) is 16.0. The maximum Gasteiger partial charge on any atom is 0.330 e. The highest BCUT2D eigenvalue weighted by molar-refractivity contribution is 6.90. The number of fused-ring (bicyclic) bond motifs is 1. The largest absolute Gasteiger partial charge is 0.711 e. The molecule has 0 fully saturated rings. The molecular formula is C16H25FN2OSi. The molecule has 0 radical (unpaired) electrons. The fourth-order valence-corrected chi connectivity index (χ4v) is 8.24. The quantitative estimate of drug-likeness (QED) is 0.343. The molecule has 0 aliphatic rings. The molecule has 0 aliphatic heterocycles. The van der Waals surface area contributed by atoms with E-state index in [0.29, 0.717) is 11.0 Å². The van der Waals surface area contributed by atoms with Crippen LogP contribution in [0.15, 0.2) is 24.4 Å². The molecule has 2 heterocycles. The maximum atomic E-state index is 16.4. The predicted octanol–water partition coefficient (Wildman–Crippen LogP) is 3.53. The van der Waals surface area contributed by atoms with Crippen molar-refractivity contribution in [2.24, 2.45) is 7.05 Å². The van der Waals surface area contributed by atoms with Gasteiger partial charge in [-0.15, -0.1) is 0 Å². The number of aromatic nitrogens is 2. The number of aryl methyl sites for hydroxylation is 1. The second-order valence-electron chi connectivity index (χ2n) is 7.86. The number of halogens is 1. The molecule has 0 atom stereocenters. The zero-order valence-electron chi connectivity index (χ0n) is 14.0. The van der Waals surface area contributed by atoms with Crippen LogP contribution in [0.5, 0.6) is 0 Å². The molecule has 0 aliphatic carbocycles. The van der Waals surface area contributed by atoms with E-state index < -0.39 is 18.5 Å². The number of nitrogens with zero attached hydrogens (tertiary/aromatic N) is 2. The van der Waals surface area contributed by atoms with Crippen molar-refractivity contribution in [2.75, 3.05) is 0 Å². The molecule has 0 bridgehead atoms. The zero-order chi connectivity index (χ0) is 16.2. The van der Waals surface area contributed by atoms with Gasteiger partial charge < -0.3 is 9.32 Å². The van der Waals surface area contributed by atoms with Crippen molar-refractivity contribution in [3.63, 3.8) is 0 Å². The molecule has 0 aromatic carbocycles. The first-order valence-corrected chi connectivity index (χ1v) is 9.16. The average molecular weight is 308 g/mol. The van der Waals surface area contributed by atoms with Crippen LogP contribution in [0.3, 0.4) is 0 Å². The Bertz CT molecular complexity index is 666. The lowest BCUT2D eigenvalue weighted by atomic mass is 10.2. The van der Waals surface area contributed by atoms with Gasteiger partial charge in [0.25, 0.3) is 5.65 Å². The summed E-state index contributed by atoms with van der Waals surface area (Å²) in [4.78, 5) is 0. The van der Waals surface area contributed by atoms with E-state index in [1.54, 1.807) is 17.7 Å². The monoisotopic (exact) mass is 308 g/mol. The third-order valence-electron chi connectivity index (χ3n) is 4.36. The average Bonchev–Trinajstić information content (AvgIpc) is 2.64. The summed E-state index contributed by atoms with van der Waals surface area (Å²) >= 11 is 0. The van der Waals surface area contributed by atoms with Gasteiger partial charge in [0.2, 0.25) is 0 Å². The molecular weight excluding hydrogens is 283 g/mol. The van der Waals surface area contributed by atoms with E-state index in [4.69, 9.17) is 0 Å². The van der Waals surface area contributed by atoms with Gasteiger partial charge in [-0.05, 0) is 28.3 Å². The molecule has 2 rings (SSSR count). The second-order valence-corrected chi connectivity index (χ2v) is 12.7. The fraction of sp³-hybridized carbons (Fsp3) is 0.562. The van der Waals surface area contributed by atoms with Gasteiger partial charge in [-0.3, -0.25) is 0 Å². The van der Waals surface area contributed by atoms with Gasteiger partial charge in [-0.25, -0.2) is 9.30 Å². The van der Waals surface area contributed by atoms with Crippen LogP contribution in [0, 0.1) is 5.21 Å². The van der Waals surface area contributed by atoms with Crippen LogP contribution >= 0.6 is 0 Å². The van der Waals surface area contributed by atoms with E-state index in [1.165, 1.54) is 6.20 Å². The van der Waals surface area contributed by atoms with Crippen molar-refractivity contribution < 1.29 is 8.84 Å². The van der Waals surface area contributed by atoms with E-state index in [-0.39, 0.29) is 0 Å². The minimum atomic E-state index is -3.37. The van der Waals surface area contributed by atoms with E-state index in [9.17, 15) is 5.21 Å². The van der Waals surface area contributed by atoms with Crippen LogP contribution in [0.1, 0.15) is 41.5 Å². The van der Waals surface area contributed by atoms with Gasteiger partial charge in [-0.2, -0.15) is 0 Å². The number of pyridine rings is 1. The highest BCUT2D eigenvalue weighted by atomic mass is 28.4. The second kappa shape index (κ2) is 4.56. The molecule has 3 nitrogen and oxygen atoms in total. The lowest BCUT2D eigenvalue weighted by Gasteiger charge is -2.42. The lowest BCUT2D eigenvalue weighted by Crippen LogP contribution is -2.60. The van der Waals surface area contributed by atoms with Gasteiger partial charge in [0.05, 0.1) is 18.6 Å². The van der Waals surface area contributed by atoms with Crippen molar-refractivity contribution in [2.45, 2.75) is 51.6 Å². The lowest BCUT2D eigenvalue weighted by molar-refractivity contribution is -0.580. The number of hydrogen-bond donors (Lipinski definition) is 0. The van der Waals surface area contributed by atoms with Crippen LogP contribution in [-0.2, 0) is 7.05 Å². The molecule has 0 spiro atoms. The third kappa shape index (κ3) is 2.18.